The van der Waals surface area contributed by atoms with Gasteiger partial charge in [0.15, 0.2) is 5.92 Å². The van der Waals surface area contributed by atoms with E-state index in [2.05, 4.69) is 0 Å². The van der Waals surface area contributed by atoms with Crippen molar-refractivity contribution < 1.29 is 19.8 Å². The maximum absolute atomic E-state index is 10.2. The Morgan fingerprint density at radius 3 is 1.40 bits per heavy atom. The minimum absolute atomic E-state index is 0.449. The Morgan fingerprint density at radius 2 is 1.40 bits per heavy atom. The van der Waals surface area contributed by atoms with Crippen molar-refractivity contribution in [3.05, 3.63) is 5.92 Å². The van der Waals surface area contributed by atoms with E-state index in [4.69, 9.17) is 10.2 Å². The van der Waals surface area contributed by atoms with Gasteiger partial charge in [-0.2, -0.15) is 0 Å². The molecule has 0 saturated heterocycles. The normalized spacial score (nSPS) is 10.4. The second-order valence-corrected chi connectivity index (χ2v) is 2.18. The van der Waals surface area contributed by atoms with E-state index < -0.39 is 23.8 Å². The summed E-state index contributed by atoms with van der Waals surface area (Å²) in [4.78, 5) is 20.3. The molecule has 0 unspecified atom stereocenters. The first kappa shape index (κ1) is 8.94. The molecule has 2 N–H and O–H groups in total. The van der Waals surface area contributed by atoms with Crippen LogP contribution in [0.25, 0.3) is 0 Å². The van der Waals surface area contributed by atoms with Crippen LogP contribution in [-0.2, 0) is 9.59 Å². The second kappa shape index (κ2) is 3.20. The van der Waals surface area contributed by atoms with Crippen LogP contribution in [0.1, 0.15) is 13.8 Å². The number of hydrogen-bond acceptors (Lipinski definition) is 2. The number of aliphatic carboxylic acids is 2. The zero-order valence-corrected chi connectivity index (χ0v) is 5.79. The smallest absolute Gasteiger partial charge is 0.323 e. The first-order valence-corrected chi connectivity index (χ1v) is 2.80. The Labute approximate surface area is 58.5 Å². The maximum atomic E-state index is 10.2. The van der Waals surface area contributed by atoms with E-state index >= 15 is 0 Å². The van der Waals surface area contributed by atoms with Gasteiger partial charge < -0.3 is 10.2 Å². The number of rotatable bonds is 3. The first-order chi connectivity index (χ1) is 4.46. The van der Waals surface area contributed by atoms with Crippen molar-refractivity contribution >= 4 is 11.9 Å². The van der Waals surface area contributed by atoms with Crippen LogP contribution in [-0.4, -0.2) is 22.2 Å². The average molecular weight is 145 g/mol. The van der Waals surface area contributed by atoms with E-state index in [-0.39, 0.29) is 0 Å². The van der Waals surface area contributed by atoms with Crippen molar-refractivity contribution in [2.75, 3.05) is 0 Å². The monoisotopic (exact) mass is 145 g/mol. The van der Waals surface area contributed by atoms with Crippen molar-refractivity contribution in [2.45, 2.75) is 13.8 Å². The highest BCUT2D eigenvalue weighted by molar-refractivity contribution is 6.08. The highest BCUT2D eigenvalue weighted by atomic mass is 16.4. The zero-order valence-electron chi connectivity index (χ0n) is 5.79. The van der Waals surface area contributed by atoms with E-state index in [0.29, 0.717) is 0 Å². The van der Waals surface area contributed by atoms with Crippen LogP contribution in [0.4, 0.5) is 0 Å². The summed E-state index contributed by atoms with van der Waals surface area (Å²) < 4.78 is 0. The number of carboxylic acids is 2. The lowest BCUT2D eigenvalue weighted by atomic mass is 9.97. The molecule has 0 bridgehead atoms. The molecule has 0 spiro atoms. The van der Waals surface area contributed by atoms with Gasteiger partial charge in [0.2, 0.25) is 0 Å². The molecule has 0 heterocycles. The summed E-state index contributed by atoms with van der Waals surface area (Å²) in [6.07, 6.45) is 0. The standard InChI is InChI=1S/C6H9O4/c1-3(2)4(5(7)8)6(9)10/h3H,1-2H3,(H,7,8)(H,9,10). The molecule has 0 aliphatic carbocycles. The molecule has 0 aromatic rings. The molecule has 0 saturated carbocycles. The van der Waals surface area contributed by atoms with Gasteiger partial charge in [0.1, 0.15) is 0 Å². The predicted octanol–water partition coefficient (Wildman–Crippen LogP) is 0.386. The minimum Gasteiger partial charge on any atom is -0.480 e. The lowest BCUT2D eigenvalue weighted by Crippen LogP contribution is -2.25. The number of hydrogen-bond donors (Lipinski definition) is 2. The summed E-state index contributed by atoms with van der Waals surface area (Å²) in [6, 6.07) is 0. The lowest BCUT2D eigenvalue weighted by Gasteiger charge is -2.08. The Bertz CT molecular complexity index is 136. The van der Waals surface area contributed by atoms with E-state index in [9.17, 15) is 9.59 Å². The van der Waals surface area contributed by atoms with Crippen LogP contribution in [0.15, 0.2) is 0 Å². The van der Waals surface area contributed by atoms with Crippen LogP contribution in [0.5, 0.6) is 0 Å². The molecular weight excluding hydrogens is 136 g/mol. The molecule has 0 rings (SSSR count). The van der Waals surface area contributed by atoms with Crippen molar-refractivity contribution in [3.8, 4) is 0 Å². The van der Waals surface area contributed by atoms with Gasteiger partial charge in [0, 0.05) is 0 Å². The zero-order chi connectivity index (χ0) is 8.31. The summed E-state index contributed by atoms with van der Waals surface area (Å²) >= 11 is 0. The van der Waals surface area contributed by atoms with Gasteiger partial charge in [0.05, 0.1) is 0 Å². The number of carboxylic acid groups (broad SMARTS) is 2. The predicted molar refractivity (Wildman–Crippen MR) is 33.4 cm³/mol. The van der Waals surface area contributed by atoms with E-state index in [1.54, 1.807) is 0 Å². The molecular formula is C6H9O4. The third kappa shape index (κ3) is 2.05. The molecule has 0 aliphatic rings. The fourth-order valence-corrected chi connectivity index (χ4v) is 0.585. The van der Waals surface area contributed by atoms with Crippen molar-refractivity contribution in [1.82, 2.24) is 0 Å². The van der Waals surface area contributed by atoms with Crippen molar-refractivity contribution in [1.29, 1.82) is 0 Å². The highest BCUT2D eigenvalue weighted by Gasteiger charge is 2.30. The van der Waals surface area contributed by atoms with E-state index in [1.165, 1.54) is 13.8 Å². The third-order valence-electron chi connectivity index (χ3n) is 1.04. The highest BCUT2D eigenvalue weighted by Crippen LogP contribution is 2.12. The van der Waals surface area contributed by atoms with Crippen molar-refractivity contribution in [3.63, 3.8) is 0 Å². The molecule has 0 aliphatic heterocycles. The summed E-state index contributed by atoms with van der Waals surface area (Å²) in [7, 11) is 0. The molecule has 1 radical (unpaired) electrons. The Kier molecular flexibility index (Phi) is 2.86. The Hall–Kier alpha value is -1.06. The molecule has 0 amide bonds. The average Bonchev–Trinajstić information content (AvgIpc) is 1.59. The lowest BCUT2D eigenvalue weighted by molar-refractivity contribution is -0.145. The van der Waals surface area contributed by atoms with Crippen LogP contribution in [0, 0.1) is 11.8 Å². The van der Waals surface area contributed by atoms with Gasteiger partial charge in [-0.25, -0.2) is 0 Å². The molecule has 10 heavy (non-hydrogen) atoms. The summed E-state index contributed by atoms with van der Waals surface area (Å²) in [6.45, 7) is 3.05. The largest absolute Gasteiger partial charge is 0.480 e. The SMILES string of the molecule is CC(C)[C](C(=O)O)C(=O)O. The van der Waals surface area contributed by atoms with Gasteiger partial charge in [-0.15, -0.1) is 0 Å². The molecule has 0 aromatic carbocycles. The number of carbonyl (C=O) groups is 2. The van der Waals surface area contributed by atoms with Gasteiger partial charge in [-0.05, 0) is 5.92 Å². The van der Waals surface area contributed by atoms with Crippen LogP contribution in [0.3, 0.4) is 0 Å². The minimum atomic E-state index is -1.36. The third-order valence-corrected chi connectivity index (χ3v) is 1.04. The van der Waals surface area contributed by atoms with Crippen LogP contribution in [0.2, 0.25) is 0 Å². The fraction of sp³-hybridized carbons (Fsp3) is 0.500. The molecule has 57 valence electrons. The maximum Gasteiger partial charge on any atom is 0.323 e. The van der Waals surface area contributed by atoms with Crippen molar-refractivity contribution in [2.24, 2.45) is 5.92 Å². The second-order valence-electron chi connectivity index (χ2n) is 2.18. The van der Waals surface area contributed by atoms with Crippen LogP contribution >= 0.6 is 0 Å². The van der Waals surface area contributed by atoms with Gasteiger partial charge >= 0.3 is 11.9 Å². The van der Waals surface area contributed by atoms with E-state index in [1.807, 2.05) is 0 Å². The van der Waals surface area contributed by atoms with Gasteiger partial charge in [-0.1, -0.05) is 13.8 Å². The quantitative estimate of drug-likeness (QED) is 0.563. The summed E-state index contributed by atoms with van der Waals surface area (Å²) in [5.41, 5.74) is 0. The Morgan fingerprint density at radius 1 is 1.10 bits per heavy atom. The fourth-order valence-electron chi connectivity index (χ4n) is 0.585. The van der Waals surface area contributed by atoms with Crippen LogP contribution < -0.4 is 0 Å². The summed E-state index contributed by atoms with van der Waals surface area (Å²) in [5.74, 6) is -3.64. The Balaban J connectivity index is 4.27. The topological polar surface area (TPSA) is 74.6 Å². The first-order valence-electron chi connectivity index (χ1n) is 2.80. The molecule has 0 aromatic heterocycles. The molecule has 4 nitrogen and oxygen atoms in total. The van der Waals surface area contributed by atoms with Gasteiger partial charge in [-0.3, -0.25) is 9.59 Å². The molecule has 0 atom stereocenters. The van der Waals surface area contributed by atoms with E-state index in [0.717, 1.165) is 0 Å². The molecule has 4 heteroatoms. The summed E-state index contributed by atoms with van der Waals surface area (Å²) in [5, 5.41) is 16.6. The molecule has 0 fully saturated rings. The van der Waals surface area contributed by atoms with Gasteiger partial charge in [0.25, 0.3) is 0 Å².